The number of aromatic hydroxyl groups is 1. The number of phenols is 1. The minimum atomic E-state index is -0.938. The lowest BCUT2D eigenvalue weighted by Gasteiger charge is -2.23. The lowest BCUT2D eigenvalue weighted by molar-refractivity contribution is -0.132. The highest BCUT2D eigenvalue weighted by atomic mass is 32.1. The molecule has 1 amide bonds. The van der Waals surface area contributed by atoms with Gasteiger partial charge in [-0.3, -0.25) is 14.5 Å². The highest BCUT2D eigenvalue weighted by Gasteiger charge is 2.48. The maximum absolute atomic E-state index is 13.4. The number of thiazole rings is 1. The van der Waals surface area contributed by atoms with Crippen LogP contribution >= 0.6 is 11.3 Å². The third-order valence-corrected chi connectivity index (χ3v) is 7.63. The number of aromatic nitrogens is 1. The number of ether oxygens (including phenoxy) is 2. The highest BCUT2D eigenvalue weighted by molar-refractivity contribution is 7.22. The minimum Gasteiger partial charge on any atom is -0.508 e. The summed E-state index contributed by atoms with van der Waals surface area (Å²) in [7, 11) is 1.57. The number of ketones is 1. The number of carbonyl (C=O) groups is 2. The van der Waals surface area contributed by atoms with E-state index in [1.807, 2.05) is 13.0 Å². The molecule has 0 aliphatic carbocycles. The topological polar surface area (TPSA) is 109 Å². The van der Waals surface area contributed by atoms with Crippen LogP contribution in [-0.4, -0.2) is 40.1 Å². The Hall–Kier alpha value is -4.37. The van der Waals surface area contributed by atoms with Crippen LogP contribution in [0.25, 0.3) is 16.0 Å². The normalized spacial score (nSPS) is 20.3. The van der Waals surface area contributed by atoms with Gasteiger partial charge < -0.3 is 19.7 Å². The van der Waals surface area contributed by atoms with Gasteiger partial charge in [-0.15, -0.1) is 0 Å². The van der Waals surface area contributed by atoms with Crippen LogP contribution < -0.4 is 14.4 Å². The van der Waals surface area contributed by atoms with Gasteiger partial charge in [-0.2, -0.15) is 0 Å². The average molecular weight is 515 g/mol. The monoisotopic (exact) mass is 514 g/mol. The molecule has 2 aliphatic heterocycles. The number of benzene rings is 3. The fraction of sp³-hybridized carbons (Fsp3) is 0.179. The van der Waals surface area contributed by atoms with Gasteiger partial charge in [0.1, 0.15) is 29.1 Å². The van der Waals surface area contributed by atoms with Crippen LogP contribution in [0.4, 0.5) is 5.13 Å². The lowest BCUT2D eigenvalue weighted by Crippen LogP contribution is -2.29. The second kappa shape index (κ2) is 8.63. The van der Waals surface area contributed by atoms with Crippen molar-refractivity contribution in [1.82, 2.24) is 4.98 Å². The Kier molecular flexibility index (Phi) is 5.38. The molecule has 186 valence electrons. The predicted octanol–water partition coefficient (Wildman–Crippen LogP) is 4.96. The Morgan fingerprint density at radius 1 is 1.11 bits per heavy atom. The number of rotatable bonds is 4. The number of anilines is 1. The van der Waals surface area contributed by atoms with Gasteiger partial charge in [0.05, 0.1) is 28.9 Å². The molecular weight excluding hydrogens is 492 g/mol. The van der Waals surface area contributed by atoms with E-state index in [9.17, 15) is 19.8 Å². The first-order valence-electron chi connectivity index (χ1n) is 11.7. The molecule has 2 aliphatic rings. The van der Waals surface area contributed by atoms with Crippen LogP contribution in [0.2, 0.25) is 0 Å². The van der Waals surface area contributed by atoms with E-state index in [2.05, 4.69) is 4.98 Å². The van der Waals surface area contributed by atoms with Crippen LogP contribution in [0.1, 0.15) is 29.7 Å². The maximum atomic E-state index is 13.4. The summed E-state index contributed by atoms with van der Waals surface area (Å²) in [5.74, 6) is -0.440. The van der Waals surface area contributed by atoms with Gasteiger partial charge in [0.25, 0.3) is 5.78 Å². The lowest BCUT2D eigenvalue weighted by atomic mass is 9.94. The zero-order valence-corrected chi connectivity index (χ0v) is 20.8. The summed E-state index contributed by atoms with van der Waals surface area (Å²) < 4.78 is 11.8. The Morgan fingerprint density at radius 2 is 1.89 bits per heavy atom. The zero-order valence-electron chi connectivity index (χ0n) is 20.0. The number of aliphatic hydroxyl groups is 1. The summed E-state index contributed by atoms with van der Waals surface area (Å²) in [5, 5.41) is 21.6. The molecule has 6 rings (SSSR count). The van der Waals surface area contributed by atoms with Gasteiger partial charge in [-0.05, 0) is 66.6 Å². The van der Waals surface area contributed by atoms with Gasteiger partial charge in [0.15, 0.2) is 5.13 Å². The molecule has 2 N–H and O–H groups in total. The molecule has 9 heteroatoms. The zero-order chi connectivity index (χ0) is 25.8. The van der Waals surface area contributed by atoms with Crippen molar-refractivity contribution in [2.45, 2.75) is 25.5 Å². The number of hydrogen-bond donors (Lipinski definition) is 2. The summed E-state index contributed by atoms with van der Waals surface area (Å²) in [6, 6.07) is 15.9. The number of Topliss-reactive ketones (excluding diaryl/α,β-unsaturated/α-hetero) is 1. The molecule has 1 saturated heterocycles. The largest absolute Gasteiger partial charge is 0.508 e. The summed E-state index contributed by atoms with van der Waals surface area (Å²) in [6.45, 7) is 1.96. The van der Waals surface area contributed by atoms with E-state index in [1.165, 1.54) is 28.4 Å². The van der Waals surface area contributed by atoms with Crippen molar-refractivity contribution >= 4 is 44.1 Å². The third kappa shape index (κ3) is 3.79. The van der Waals surface area contributed by atoms with Gasteiger partial charge in [0.2, 0.25) is 0 Å². The average Bonchev–Trinajstić information content (AvgIpc) is 3.55. The number of amides is 1. The van der Waals surface area contributed by atoms with Crippen molar-refractivity contribution in [1.29, 1.82) is 0 Å². The summed E-state index contributed by atoms with van der Waals surface area (Å²) in [6.07, 6.45) is 0.703. The van der Waals surface area contributed by atoms with Gasteiger partial charge >= 0.3 is 5.91 Å². The number of phenolic OH excluding ortho intramolecular Hbond substituents is 1. The number of fused-ring (bicyclic) bond motifs is 2. The summed E-state index contributed by atoms with van der Waals surface area (Å²) in [5.41, 5.74) is 2.51. The molecular formula is C28H22N2O6S. The molecule has 1 aromatic heterocycles. The minimum absolute atomic E-state index is 0.0210. The van der Waals surface area contributed by atoms with E-state index in [-0.39, 0.29) is 23.2 Å². The number of carbonyl (C=O) groups excluding carboxylic acids is 2. The van der Waals surface area contributed by atoms with E-state index < -0.39 is 17.7 Å². The molecule has 3 heterocycles. The second-order valence-electron chi connectivity index (χ2n) is 9.05. The smallest absolute Gasteiger partial charge is 0.301 e. The Labute approximate surface area is 216 Å². The number of nitrogens with zero attached hydrogens (tertiary/aromatic N) is 2. The van der Waals surface area contributed by atoms with Crippen LogP contribution in [0, 0.1) is 0 Å². The Bertz CT molecular complexity index is 1610. The van der Waals surface area contributed by atoms with E-state index in [0.717, 1.165) is 16.0 Å². The molecule has 0 unspecified atom stereocenters. The Morgan fingerprint density at radius 3 is 2.65 bits per heavy atom. The first-order valence-corrected chi connectivity index (χ1v) is 12.5. The van der Waals surface area contributed by atoms with Crippen LogP contribution in [0.15, 0.2) is 66.2 Å². The fourth-order valence-corrected chi connectivity index (χ4v) is 5.87. The van der Waals surface area contributed by atoms with E-state index in [0.29, 0.717) is 33.9 Å². The van der Waals surface area contributed by atoms with E-state index in [1.54, 1.807) is 49.6 Å². The SMILES string of the molecule is COc1ccc2nc(N3C(=O)C(=O)C(=C(O)c4ccc5c(c4)C[C@@H](C)O5)[C@H]3c3ccc(O)cc3)sc2c1. The van der Waals surface area contributed by atoms with Crippen LogP contribution in [0.3, 0.4) is 0 Å². The number of methoxy groups -OCH3 is 1. The van der Waals surface area contributed by atoms with Crippen LogP contribution in [0.5, 0.6) is 17.2 Å². The molecule has 8 nitrogen and oxygen atoms in total. The van der Waals surface area contributed by atoms with Crippen molar-refractivity contribution in [3.63, 3.8) is 0 Å². The first kappa shape index (κ1) is 23.1. The number of hydrogen-bond acceptors (Lipinski definition) is 8. The van der Waals surface area contributed by atoms with Crippen molar-refractivity contribution in [3.8, 4) is 17.2 Å². The second-order valence-corrected chi connectivity index (χ2v) is 10.1. The Balaban J connectivity index is 1.52. The fourth-order valence-electron chi connectivity index (χ4n) is 4.85. The molecule has 1 fully saturated rings. The van der Waals surface area contributed by atoms with Crippen molar-refractivity contribution in [3.05, 3.63) is 82.9 Å². The van der Waals surface area contributed by atoms with Crippen molar-refractivity contribution < 1.29 is 29.3 Å². The highest BCUT2D eigenvalue weighted by Crippen LogP contribution is 2.45. The first-order chi connectivity index (χ1) is 17.8. The summed E-state index contributed by atoms with van der Waals surface area (Å²) >= 11 is 1.25. The molecule has 2 atom stereocenters. The summed E-state index contributed by atoms with van der Waals surface area (Å²) in [4.78, 5) is 32.8. The molecule has 3 aromatic carbocycles. The van der Waals surface area contributed by atoms with Gasteiger partial charge in [-0.25, -0.2) is 4.98 Å². The van der Waals surface area contributed by atoms with Gasteiger partial charge in [-0.1, -0.05) is 23.5 Å². The molecule has 0 radical (unpaired) electrons. The number of aliphatic hydroxyl groups excluding tert-OH is 1. The standard InChI is InChI=1S/C28H22N2O6S/c1-14-11-17-12-16(5-10-21(17)36-14)25(32)23-24(15-3-6-18(31)7-4-15)30(27(34)26(23)33)28-29-20-9-8-19(35-2)13-22(20)37-28/h3-10,12-14,24,31-32H,11H2,1-2H3/t14-,24-/m1/s1. The van der Waals surface area contributed by atoms with Crippen LogP contribution in [-0.2, 0) is 16.0 Å². The third-order valence-electron chi connectivity index (χ3n) is 6.61. The van der Waals surface area contributed by atoms with E-state index in [4.69, 9.17) is 9.47 Å². The quantitative estimate of drug-likeness (QED) is 0.225. The van der Waals surface area contributed by atoms with E-state index >= 15 is 0 Å². The molecule has 0 spiro atoms. The predicted molar refractivity (Wildman–Crippen MR) is 139 cm³/mol. The molecule has 37 heavy (non-hydrogen) atoms. The molecule has 0 bridgehead atoms. The van der Waals surface area contributed by atoms with Crippen molar-refractivity contribution in [2.24, 2.45) is 0 Å². The maximum Gasteiger partial charge on any atom is 0.301 e. The van der Waals surface area contributed by atoms with Gasteiger partial charge in [0, 0.05) is 12.0 Å². The molecule has 4 aromatic rings. The van der Waals surface area contributed by atoms with Crippen molar-refractivity contribution in [2.75, 3.05) is 12.0 Å². The molecule has 0 saturated carbocycles.